The van der Waals surface area contributed by atoms with Gasteiger partial charge in [-0.2, -0.15) is 0 Å². The molecule has 1 aromatic rings. The average Bonchev–Trinajstić information content (AvgIpc) is 2.53. The first-order chi connectivity index (χ1) is 11.0. The van der Waals surface area contributed by atoms with Crippen LogP contribution in [0.4, 0.5) is 5.82 Å². The standard InChI is InChI=1S/C15H21N3O4S/c1-3-22-14(19)9-23-13-6-16-5-12(17-13)18-7-10(2)4-11(8-18)15(20)21/h5-6,10-11H,3-4,7-9H2,1-2H3,(H,20,21). The van der Waals surface area contributed by atoms with Gasteiger partial charge in [-0.15, -0.1) is 0 Å². The highest BCUT2D eigenvalue weighted by Crippen LogP contribution is 2.26. The van der Waals surface area contributed by atoms with Crippen LogP contribution in [0.5, 0.6) is 0 Å². The zero-order valence-corrected chi connectivity index (χ0v) is 14.1. The third kappa shape index (κ3) is 5.09. The molecule has 1 saturated heterocycles. The van der Waals surface area contributed by atoms with Crippen molar-refractivity contribution in [2.75, 3.05) is 30.3 Å². The maximum absolute atomic E-state index is 11.4. The Morgan fingerprint density at radius 1 is 1.43 bits per heavy atom. The molecule has 2 atom stereocenters. The van der Waals surface area contributed by atoms with E-state index in [9.17, 15) is 14.7 Å². The third-order valence-electron chi connectivity index (χ3n) is 3.58. The molecule has 1 fully saturated rings. The SMILES string of the molecule is CCOC(=O)CSc1cncc(N2CC(C)CC(C(=O)O)C2)n1. The molecule has 23 heavy (non-hydrogen) atoms. The van der Waals surface area contributed by atoms with Crippen LogP contribution in [0, 0.1) is 11.8 Å². The first kappa shape index (κ1) is 17.5. The molecule has 0 spiro atoms. The Bertz CT molecular complexity index is 569. The van der Waals surface area contributed by atoms with E-state index in [4.69, 9.17) is 4.74 Å². The summed E-state index contributed by atoms with van der Waals surface area (Å²) in [5.74, 6) is -0.347. The molecule has 2 heterocycles. The van der Waals surface area contributed by atoms with E-state index in [0.717, 1.165) is 6.54 Å². The summed E-state index contributed by atoms with van der Waals surface area (Å²) in [4.78, 5) is 33.3. The van der Waals surface area contributed by atoms with E-state index >= 15 is 0 Å². The van der Waals surface area contributed by atoms with E-state index in [1.807, 2.05) is 11.8 Å². The summed E-state index contributed by atoms with van der Waals surface area (Å²) >= 11 is 1.26. The van der Waals surface area contributed by atoms with Crippen LogP contribution >= 0.6 is 11.8 Å². The summed E-state index contributed by atoms with van der Waals surface area (Å²) in [5.41, 5.74) is 0. The van der Waals surface area contributed by atoms with Gasteiger partial charge in [0.1, 0.15) is 10.8 Å². The summed E-state index contributed by atoms with van der Waals surface area (Å²) in [5, 5.41) is 9.88. The van der Waals surface area contributed by atoms with Crippen LogP contribution < -0.4 is 4.90 Å². The number of hydrogen-bond donors (Lipinski definition) is 1. The molecule has 1 aromatic heterocycles. The number of carbonyl (C=O) groups is 2. The summed E-state index contributed by atoms with van der Waals surface area (Å²) < 4.78 is 4.88. The zero-order valence-electron chi connectivity index (χ0n) is 13.3. The fourth-order valence-electron chi connectivity index (χ4n) is 2.61. The number of aliphatic carboxylic acids is 1. The fourth-order valence-corrected chi connectivity index (χ4v) is 3.26. The molecule has 2 unspecified atom stereocenters. The smallest absolute Gasteiger partial charge is 0.316 e. The quantitative estimate of drug-likeness (QED) is 0.618. The first-order valence-corrected chi connectivity index (χ1v) is 8.56. The van der Waals surface area contributed by atoms with Gasteiger partial charge in [0.25, 0.3) is 0 Å². The van der Waals surface area contributed by atoms with Gasteiger partial charge in [0, 0.05) is 13.1 Å². The largest absolute Gasteiger partial charge is 0.481 e. The number of piperidine rings is 1. The molecule has 0 aromatic carbocycles. The number of carboxylic acids is 1. The van der Waals surface area contributed by atoms with Crippen molar-refractivity contribution in [2.45, 2.75) is 25.3 Å². The lowest BCUT2D eigenvalue weighted by molar-refractivity contribution is -0.142. The van der Waals surface area contributed by atoms with Gasteiger partial charge < -0.3 is 14.7 Å². The molecule has 1 aliphatic heterocycles. The molecular weight excluding hydrogens is 318 g/mol. The monoisotopic (exact) mass is 339 g/mol. The van der Waals surface area contributed by atoms with E-state index in [2.05, 4.69) is 9.97 Å². The van der Waals surface area contributed by atoms with Crippen molar-refractivity contribution in [1.82, 2.24) is 9.97 Å². The van der Waals surface area contributed by atoms with Crippen LogP contribution in [0.2, 0.25) is 0 Å². The Morgan fingerprint density at radius 3 is 2.91 bits per heavy atom. The summed E-state index contributed by atoms with van der Waals surface area (Å²) in [6, 6.07) is 0. The number of aromatic nitrogens is 2. The molecule has 0 saturated carbocycles. The Kier molecular flexibility index (Phi) is 6.20. The van der Waals surface area contributed by atoms with Crippen molar-refractivity contribution in [1.29, 1.82) is 0 Å². The van der Waals surface area contributed by atoms with E-state index in [1.165, 1.54) is 11.8 Å². The number of thioether (sulfide) groups is 1. The van der Waals surface area contributed by atoms with Gasteiger partial charge in [-0.1, -0.05) is 18.7 Å². The average molecular weight is 339 g/mol. The Balaban J connectivity index is 2.03. The van der Waals surface area contributed by atoms with Crippen molar-refractivity contribution < 1.29 is 19.4 Å². The molecule has 7 nitrogen and oxygen atoms in total. The molecule has 1 N–H and O–H groups in total. The molecule has 126 valence electrons. The molecule has 2 rings (SSSR count). The van der Waals surface area contributed by atoms with Gasteiger partial charge in [-0.3, -0.25) is 14.6 Å². The summed E-state index contributed by atoms with van der Waals surface area (Å²) in [6.45, 7) is 5.34. The predicted molar refractivity (Wildman–Crippen MR) is 86.5 cm³/mol. The summed E-state index contributed by atoms with van der Waals surface area (Å²) in [6.07, 6.45) is 3.90. The molecule has 0 bridgehead atoms. The van der Waals surface area contributed by atoms with Gasteiger partial charge >= 0.3 is 11.9 Å². The van der Waals surface area contributed by atoms with E-state index in [1.54, 1.807) is 19.3 Å². The lowest BCUT2D eigenvalue weighted by atomic mass is 9.90. The minimum atomic E-state index is -0.776. The van der Waals surface area contributed by atoms with Gasteiger partial charge in [0.2, 0.25) is 0 Å². The highest BCUT2D eigenvalue weighted by molar-refractivity contribution is 7.99. The molecule has 0 amide bonds. The molecule has 1 aliphatic rings. The number of anilines is 1. The molecular formula is C15H21N3O4S. The van der Waals surface area contributed by atoms with E-state index in [-0.39, 0.29) is 17.6 Å². The van der Waals surface area contributed by atoms with Crippen molar-refractivity contribution in [3.63, 3.8) is 0 Å². The number of carboxylic acid groups (broad SMARTS) is 1. The van der Waals surface area contributed by atoms with Crippen molar-refractivity contribution in [3.8, 4) is 0 Å². The second-order valence-electron chi connectivity index (χ2n) is 5.59. The zero-order chi connectivity index (χ0) is 16.8. The van der Waals surface area contributed by atoms with Crippen molar-refractivity contribution in [3.05, 3.63) is 12.4 Å². The molecule has 0 aliphatic carbocycles. The number of ether oxygens (including phenoxy) is 1. The first-order valence-electron chi connectivity index (χ1n) is 7.57. The van der Waals surface area contributed by atoms with Crippen LogP contribution in [0.25, 0.3) is 0 Å². The van der Waals surface area contributed by atoms with Crippen molar-refractivity contribution in [2.24, 2.45) is 11.8 Å². The van der Waals surface area contributed by atoms with Gasteiger partial charge in [0.15, 0.2) is 0 Å². The maximum Gasteiger partial charge on any atom is 0.316 e. The normalized spacial score (nSPS) is 21.0. The van der Waals surface area contributed by atoms with Gasteiger partial charge in [0.05, 0.1) is 30.7 Å². The van der Waals surface area contributed by atoms with Gasteiger partial charge in [-0.05, 0) is 19.3 Å². The van der Waals surface area contributed by atoms with E-state index < -0.39 is 11.9 Å². The third-order valence-corrected chi connectivity index (χ3v) is 4.45. The minimum absolute atomic E-state index is 0.181. The Hall–Kier alpha value is -1.83. The number of esters is 1. The van der Waals surface area contributed by atoms with Crippen LogP contribution in [0.15, 0.2) is 17.4 Å². The van der Waals surface area contributed by atoms with Crippen LogP contribution in [-0.2, 0) is 14.3 Å². The number of nitrogens with zero attached hydrogens (tertiary/aromatic N) is 3. The number of carbonyl (C=O) groups excluding carboxylic acids is 1. The highest BCUT2D eigenvalue weighted by atomic mass is 32.2. The molecule has 0 radical (unpaired) electrons. The second kappa shape index (κ2) is 8.14. The van der Waals surface area contributed by atoms with Crippen LogP contribution in [0.3, 0.4) is 0 Å². The highest BCUT2D eigenvalue weighted by Gasteiger charge is 2.30. The van der Waals surface area contributed by atoms with Gasteiger partial charge in [-0.25, -0.2) is 4.98 Å². The van der Waals surface area contributed by atoms with E-state index in [0.29, 0.717) is 30.4 Å². The lowest BCUT2D eigenvalue weighted by Crippen LogP contribution is -2.43. The van der Waals surface area contributed by atoms with Crippen LogP contribution in [-0.4, -0.2) is 52.5 Å². The number of rotatable bonds is 6. The Labute approximate surface area is 139 Å². The Morgan fingerprint density at radius 2 is 2.22 bits per heavy atom. The van der Waals surface area contributed by atoms with Crippen molar-refractivity contribution >= 4 is 29.5 Å². The fraction of sp³-hybridized carbons (Fsp3) is 0.600. The lowest BCUT2D eigenvalue weighted by Gasteiger charge is -2.35. The maximum atomic E-state index is 11.4. The molecule has 8 heteroatoms. The number of hydrogen-bond acceptors (Lipinski definition) is 7. The summed E-state index contributed by atoms with van der Waals surface area (Å²) in [7, 11) is 0. The van der Waals surface area contributed by atoms with Crippen LogP contribution in [0.1, 0.15) is 20.3 Å². The second-order valence-corrected chi connectivity index (χ2v) is 6.59. The topological polar surface area (TPSA) is 92.6 Å². The predicted octanol–water partition coefficient (Wildman–Crippen LogP) is 1.68. The minimum Gasteiger partial charge on any atom is -0.481 e.